The number of hydrogen-bond acceptors (Lipinski definition) is 7. The number of carbonyl (C=O) groups is 2. The highest BCUT2D eigenvalue weighted by Crippen LogP contribution is 2.43. The molecule has 4 rings (SSSR count). The summed E-state index contributed by atoms with van der Waals surface area (Å²) >= 11 is 0. The van der Waals surface area contributed by atoms with Crippen molar-refractivity contribution in [1.29, 1.82) is 5.26 Å². The molecule has 2 heterocycles. The molecule has 182 valence electrons. The van der Waals surface area contributed by atoms with Crippen LogP contribution in [0.15, 0.2) is 89.4 Å². The van der Waals surface area contributed by atoms with Crippen molar-refractivity contribution in [3.05, 3.63) is 106 Å². The lowest BCUT2D eigenvalue weighted by Gasteiger charge is -2.36. The van der Waals surface area contributed by atoms with Crippen LogP contribution in [0.25, 0.3) is 5.69 Å². The molecule has 1 aliphatic rings. The van der Waals surface area contributed by atoms with Crippen molar-refractivity contribution in [2.24, 2.45) is 5.73 Å². The number of nitriles is 1. The number of aryl methyl sites for hydroxylation is 2. The second-order valence-electron chi connectivity index (χ2n) is 8.30. The first-order valence-electron chi connectivity index (χ1n) is 11.2. The normalized spacial score (nSPS) is 15.5. The van der Waals surface area contributed by atoms with Gasteiger partial charge in [0.2, 0.25) is 0 Å². The first kappa shape index (κ1) is 24.4. The van der Waals surface area contributed by atoms with Gasteiger partial charge in [-0.15, -0.1) is 0 Å². The number of nitrogens with two attached hydrogens (primary N) is 1. The Kier molecular flexibility index (Phi) is 6.66. The van der Waals surface area contributed by atoms with Gasteiger partial charge in [-0.2, -0.15) is 5.26 Å². The zero-order chi connectivity index (χ0) is 26.0. The van der Waals surface area contributed by atoms with Gasteiger partial charge >= 0.3 is 11.9 Å². The van der Waals surface area contributed by atoms with E-state index in [0.29, 0.717) is 11.3 Å². The van der Waals surface area contributed by atoms with Crippen molar-refractivity contribution < 1.29 is 19.1 Å². The summed E-state index contributed by atoms with van der Waals surface area (Å²) in [6.07, 6.45) is 0. The Morgan fingerprint density at radius 2 is 1.42 bits per heavy atom. The molecule has 0 bridgehead atoms. The summed E-state index contributed by atoms with van der Waals surface area (Å²) in [5, 5.41) is 10.1. The second kappa shape index (κ2) is 9.84. The van der Waals surface area contributed by atoms with E-state index in [0.717, 1.165) is 17.1 Å². The van der Waals surface area contributed by atoms with Gasteiger partial charge in [-0.1, -0.05) is 30.3 Å². The molecular formula is C28H26N4O4. The Hall–Kier alpha value is -4.77. The van der Waals surface area contributed by atoms with Gasteiger partial charge in [-0.3, -0.25) is 4.90 Å². The number of ether oxygens (including phenoxy) is 2. The number of benzene rings is 2. The Morgan fingerprint density at radius 3 is 1.94 bits per heavy atom. The number of nitrogens with zero attached hydrogens (tertiary/aromatic N) is 3. The third-order valence-electron chi connectivity index (χ3n) is 6.25. The third-order valence-corrected chi connectivity index (χ3v) is 6.25. The van der Waals surface area contributed by atoms with Crippen molar-refractivity contribution in [3.63, 3.8) is 0 Å². The Balaban J connectivity index is 1.96. The molecule has 0 radical (unpaired) electrons. The maximum absolute atomic E-state index is 13.1. The summed E-state index contributed by atoms with van der Waals surface area (Å²) in [4.78, 5) is 27.7. The number of aromatic nitrogens is 1. The molecule has 2 N–H and O–H groups in total. The Morgan fingerprint density at radius 1 is 0.861 bits per heavy atom. The van der Waals surface area contributed by atoms with Crippen LogP contribution in [0.1, 0.15) is 22.9 Å². The summed E-state index contributed by atoms with van der Waals surface area (Å²) in [6, 6.07) is 22.4. The lowest BCUT2D eigenvalue weighted by Crippen LogP contribution is -2.40. The minimum atomic E-state index is -0.904. The molecule has 0 saturated heterocycles. The van der Waals surface area contributed by atoms with Gasteiger partial charge in [0.05, 0.1) is 37.4 Å². The quantitative estimate of drug-likeness (QED) is 0.548. The topological polar surface area (TPSA) is 111 Å². The fourth-order valence-corrected chi connectivity index (χ4v) is 4.61. The van der Waals surface area contributed by atoms with Gasteiger partial charge in [-0.05, 0) is 55.8 Å². The average Bonchev–Trinajstić information content (AvgIpc) is 3.25. The van der Waals surface area contributed by atoms with Crippen LogP contribution in [0.5, 0.6) is 0 Å². The lowest BCUT2D eigenvalue weighted by atomic mass is 9.81. The highest BCUT2D eigenvalue weighted by Gasteiger charge is 2.42. The first-order valence-corrected chi connectivity index (χ1v) is 11.2. The number of methoxy groups -OCH3 is 2. The largest absolute Gasteiger partial charge is 0.466 e. The van der Waals surface area contributed by atoms with Crippen molar-refractivity contribution in [2.75, 3.05) is 19.1 Å². The van der Waals surface area contributed by atoms with Crippen LogP contribution in [-0.4, -0.2) is 30.7 Å². The second-order valence-corrected chi connectivity index (χ2v) is 8.30. The number of anilines is 1. The van der Waals surface area contributed by atoms with E-state index in [-0.39, 0.29) is 22.7 Å². The SMILES string of the molecule is COC(=O)C1=C(C(=O)OC)N(c2ccc(-n3c(C)ccc3C)cc2)C(N)=C(C#N)C1c1ccccc1. The third kappa shape index (κ3) is 4.01. The number of esters is 2. The average molecular weight is 483 g/mol. The van der Waals surface area contributed by atoms with Gasteiger partial charge in [0.15, 0.2) is 0 Å². The van der Waals surface area contributed by atoms with Crippen LogP contribution in [0, 0.1) is 25.2 Å². The minimum Gasteiger partial charge on any atom is -0.466 e. The first-order chi connectivity index (χ1) is 17.3. The minimum absolute atomic E-state index is 0.0255. The Bertz CT molecular complexity index is 1410. The van der Waals surface area contributed by atoms with Gasteiger partial charge in [0.25, 0.3) is 0 Å². The smallest absolute Gasteiger partial charge is 0.355 e. The summed E-state index contributed by atoms with van der Waals surface area (Å²) < 4.78 is 12.2. The maximum Gasteiger partial charge on any atom is 0.355 e. The molecule has 1 aliphatic heterocycles. The highest BCUT2D eigenvalue weighted by atomic mass is 16.5. The molecule has 36 heavy (non-hydrogen) atoms. The van der Waals surface area contributed by atoms with E-state index in [4.69, 9.17) is 15.2 Å². The molecule has 0 spiro atoms. The molecule has 8 heteroatoms. The molecule has 0 saturated carbocycles. The maximum atomic E-state index is 13.1. The molecule has 1 aromatic heterocycles. The lowest BCUT2D eigenvalue weighted by molar-refractivity contribution is -0.139. The summed E-state index contributed by atoms with van der Waals surface area (Å²) in [7, 11) is 2.45. The molecule has 2 aromatic carbocycles. The molecule has 8 nitrogen and oxygen atoms in total. The van der Waals surface area contributed by atoms with Crippen molar-refractivity contribution in [3.8, 4) is 11.8 Å². The van der Waals surface area contributed by atoms with Gasteiger partial charge in [0, 0.05) is 22.8 Å². The standard InChI is InChI=1S/C28H26N4O4/c1-17-10-11-18(2)31(17)20-12-14-21(15-13-20)32-25(28(34)36-4)24(27(33)35-3)23(22(16-29)26(32)30)19-8-6-5-7-9-19/h5-15,23H,30H2,1-4H3. The zero-order valence-corrected chi connectivity index (χ0v) is 20.5. The van der Waals surface area contributed by atoms with E-state index in [9.17, 15) is 14.9 Å². The van der Waals surface area contributed by atoms with Gasteiger partial charge in [0.1, 0.15) is 11.5 Å². The number of allylic oxidation sites excluding steroid dienone is 1. The fourth-order valence-electron chi connectivity index (χ4n) is 4.61. The molecule has 3 aromatic rings. The van der Waals surface area contributed by atoms with E-state index < -0.39 is 17.9 Å². The highest BCUT2D eigenvalue weighted by molar-refractivity contribution is 6.06. The van der Waals surface area contributed by atoms with E-state index >= 15 is 0 Å². The van der Waals surface area contributed by atoms with Gasteiger partial charge in [-0.25, -0.2) is 9.59 Å². The van der Waals surface area contributed by atoms with E-state index in [1.165, 1.54) is 19.1 Å². The van der Waals surface area contributed by atoms with Crippen LogP contribution in [-0.2, 0) is 19.1 Å². The van der Waals surface area contributed by atoms with E-state index in [1.807, 2.05) is 44.2 Å². The molecule has 1 atom stereocenters. The molecule has 0 fully saturated rings. The van der Waals surface area contributed by atoms with Crippen LogP contribution >= 0.6 is 0 Å². The van der Waals surface area contributed by atoms with Gasteiger partial charge < -0.3 is 19.8 Å². The van der Waals surface area contributed by atoms with Crippen molar-refractivity contribution in [1.82, 2.24) is 4.57 Å². The summed E-state index contributed by atoms with van der Waals surface area (Å²) in [5.41, 5.74) is 10.7. The van der Waals surface area contributed by atoms with Crippen LogP contribution in [0.2, 0.25) is 0 Å². The molecular weight excluding hydrogens is 456 g/mol. The Labute approximate surface area is 209 Å². The van der Waals surface area contributed by atoms with E-state index in [2.05, 4.69) is 10.6 Å². The van der Waals surface area contributed by atoms with Crippen molar-refractivity contribution >= 4 is 17.6 Å². The number of hydrogen-bond donors (Lipinski definition) is 1. The molecule has 0 amide bonds. The fraction of sp³-hybridized carbons (Fsp3) is 0.179. The van der Waals surface area contributed by atoms with Crippen LogP contribution in [0.3, 0.4) is 0 Å². The predicted molar refractivity (Wildman–Crippen MR) is 135 cm³/mol. The molecule has 0 aliphatic carbocycles. The van der Waals surface area contributed by atoms with Crippen LogP contribution < -0.4 is 10.6 Å². The summed E-state index contributed by atoms with van der Waals surface area (Å²) in [6.45, 7) is 4.02. The number of carbonyl (C=O) groups excluding carboxylic acids is 2. The molecule has 1 unspecified atom stereocenters. The monoisotopic (exact) mass is 482 g/mol. The predicted octanol–water partition coefficient (Wildman–Crippen LogP) is 3.99. The van der Waals surface area contributed by atoms with E-state index in [1.54, 1.807) is 36.4 Å². The zero-order valence-electron chi connectivity index (χ0n) is 20.5. The number of rotatable bonds is 5. The summed E-state index contributed by atoms with van der Waals surface area (Å²) in [5.74, 6) is -2.42. The van der Waals surface area contributed by atoms with Crippen LogP contribution in [0.4, 0.5) is 5.69 Å². The van der Waals surface area contributed by atoms with Crippen molar-refractivity contribution in [2.45, 2.75) is 19.8 Å².